The van der Waals surface area contributed by atoms with E-state index in [2.05, 4.69) is 14.5 Å². The molecule has 0 aromatic carbocycles. The van der Waals surface area contributed by atoms with E-state index in [4.69, 9.17) is 4.74 Å². The van der Waals surface area contributed by atoms with Crippen molar-refractivity contribution in [2.75, 3.05) is 26.8 Å². The van der Waals surface area contributed by atoms with Crippen LogP contribution in [-0.2, 0) is 29.5 Å². The number of piperidine rings is 1. The number of nitrogens with one attached hydrogen (secondary N) is 1. The fourth-order valence-electron chi connectivity index (χ4n) is 3.46. The Hall–Kier alpha value is -2.68. The van der Waals surface area contributed by atoms with Crippen molar-refractivity contribution < 1.29 is 9.53 Å². The number of amides is 1. The Morgan fingerprint density at radius 3 is 2.78 bits per heavy atom. The fraction of sp³-hybridized carbons (Fsp3) is 0.556. The Balaban J connectivity index is 1.60. The number of nitrogens with zero attached hydrogens (tertiary/aromatic N) is 4. The number of imidazole rings is 1. The molecule has 0 bridgehead atoms. The highest BCUT2D eigenvalue weighted by Gasteiger charge is 2.26. The highest BCUT2D eigenvalue weighted by molar-refractivity contribution is 5.78. The fourth-order valence-corrected chi connectivity index (χ4v) is 3.46. The van der Waals surface area contributed by atoms with Crippen molar-refractivity contribution in [1.29, 1.82) is 0 Å². The SMILES string of the molecule is COCCn1ccnc1C1CCN(C(=O)Cc2c[nH]c(=O)n(C)c2=O)CC1. The number of carbonyl (C=O) groups is 1. The second-order valence-electron chi connectivity index (χ2n) is 6.79. The van der Waals surface area contributed by atoms with Crippen LogP contribution < -0.4 is 11.2 Å². The van der Waals surface area contributed by atoms with Gasteiger partial charge >= 0.3 is 5.69 Å². The van der Waals surface area contributed by atoms with Crippen molar-refractivity contribution in [3.8, 4) is 0 Å². The minimum atomic E-state index is -0.485. The van der Waals surface area contributed by atoms with Crippen molar-refractivity contribution in [2.24, 2.45) is 7.05 Å². The molecule has 3 heterocycles. The van der Waals surface area contributed by atoms with Crippen molar-refractivity contribution in [3.05, 3.63) is 50.8 Å². The van der Waals surface area contributed by atoms with E-state index in [1.807, 2.05) is 6.20 Å². The maximum absolute atomic E-state index is 12.6. The molecule has 9 nitrogen and oxygen atoms in total. The molecular weight excluding hydrogens is 350 g/mol. The third kappa shape index (κ3) is 4.19. The van der Waals surface area contributed by atoms with Gasteiger partial charge in [0.2, 0.25) is 5.91 Å². The van der Waals surface area contributed by atoms with E-state index in [1.165, 1.54) is 13.2 Å². The Bertz CT molecular complexity index is 905. The maximum Gasteiger partial charge on any atom is 0.328 e. The molecule has 1 aliphatic heterocycles. The molecule has 0 saturated carbocycles. The zero-order valence-electron chi connectivity index (χ0n) is 15.7. The average molecular weight is 375 g/mol. The highest BCUT2D eigenvalue weighted by Crippen LogP contribution is 2.27. The van der Waals surface area contributed by atoms with Gasteiger partial charge in [-0.3, -0.25) is 14.2 Å². The number of aromatic amines is 1. The lowest BCUT2D eigenvalue weighted by Crippen LogP contribution is -2.41. The first-order chi connectivity index (χ1) is 13.0. The quantitative estimate of drug-likeness (QED) is 0.757. The largest absolute Gasteiger partial charge is 0.383 e. The molecule has 1 amide bonds. The summed E-state index contributed by atoms with van der Waals surface area (Å²) >= 11 is 0. The van der Waals surface area contributed by atoms with Crippen LogP contribution in [-0.4, -0.2) is 56.7 Å². The van der Waals surface area contributed by atoms with Crippen LogP contribution in [0.15, 0.2) is 28.2 Å². The Kier molecular flexibility index (Phi) is 5.90. The lowest BCUT2D eigenvalue weighted by Gasteiger charge is -2.32. The second kappa shape index (κ2) is 8.34. The Morgan fingerprint density at radius 2 is 2.07 bits per heavy atom. The molecule has 0 radical (unpaired) electrons. The smallest absolute Gasteiger partial charge is 0.328 e. The lowest BCUT2D eigenvalue weighted by atomic mass is 9.95. The number of aromatic nitrogens is 4. The van der Waals surface area contributed by atoms with Gasteiger partial charge in [-0.15, -0.1) is 0 Å². The first-order valence-corrected chi connectivity index (χ1v) is 9.06. The van der Waals surface area contributed by atoms with E-state index >= 15 is 0 Å². The van der Waals surface area contributed by atoms with Crippen LogP contribution in [0.1, 0.15) is 30.1 Å². The first-order valence-electron chi connectivity index (χ1n) is 9.06. The van der Waals surface area contributed by atoms with E-state index < -0.39 is 11.2 Å². The third-order valence-electron chi connectivity index (χ3n) is 5.09. The predicted octanol–water partition coefficient (Wildman–Crippen LogP) is -0.135. The molecule has 9 heteroatoms. The van der Waals surface area contributed by atoms with Gasteiger partial charge in [-0.1, -0.05) is 0 Å². The first kappa shape index (κ1) is 19.1. The number of hydrogen-bond acceptors (Lipinski definition) is 5. The van der Waals surface area contributed by atoms with Crippen LogP contribution in [0, 0.1) is 0 Å². The van der Waals surface area contributed by atoms with E-state index in [-0.39, 0.29) is 12.3 Å². The standard InChI is InChI=1S/C18H25N5O4/c1-21-17(25)14(12-20-18(21)26)11-15(24)22-6-3-13(4-7-22)16-19-5-8-23(16)9-10-27-2/h5,8,12-13H,3-4,6-7,9-11H2,1-2H3,(H,20,26). The molecule has 0 atom stereocenters. The van der Waals surface area contributed by atoms with Gasteiger partial charge in [-0.05, 0) is 12.8 Å². The zero-order valence-corrected chi connectivity index (χ0v) is 15.7. The average Bonchev–Trinajstić information content (AvgIpc) is 3.15. The van der Waals surface area contributed by atoms with Gasteiger partial charge in [-0.2, -0.15) is 0 Å². The summed E-state index contributed by atoms with van der Waals surface area (Å²) in [6.45, 7) is 2.66. The van der Waals surface area contributed by atoms with Gasteiger partial charge in [0.25, 0.3) is 5.56 Å². The number of H-pyrrole nitrogens is 1. The molecule has 0 unspecified atom stereocenters. The summed E-state index contributed by atoms with van der Waals surface area (Å²) in [6.07, 6.45) is 6.75. The molecule has 1 saturated heterocycles. The number of methoxy groups -OCH3 is 1. The molecule has 0 aliphatic carbocycles. The molecule has 1 aliphatic rings. The van der Waals surface area contributed by atoms with Gasteiger partial charge in [0.15, 0.2) is 0 Å². The topological polar surface area (TPSA) is 102 Å². The summed E-state index contributed by atoms with van der Waals surface area (Å²) in [6, 6.07) is 0. The Morgan fingerprint density at radius 1 is 1.33 bits per heavy atom. The number of likely N-dealkylation sites (tertiary alicyclic amines) is 1. The number of rotatable bonds is 6. The second-order valence-corrected chi connectivity index (χ2v) is 6.79. The lowest BCUT2D eigenvalue weighted by molar-refractivity contribution is -0.131. The normalized spacial score (nSPS) is 15.3. The van der Waals surface area contributed by atoms with Crippen molar-refractivity contribution >= 4 is 5.91 Å². The van der Waals surface area contributed by atoms with Crippen LogP contribution >= 0.6 is 0 Å². The number of hydrogen-bond donors (Lipinski definition) is 1. The third-order valence-corrected chi connectivity index (χ3v) is 5.09. The summed E-state index contributed by atoms with van der Waals surface area (Å²) < 4.78 is 8.22. The van der Waals surface area contributed by atoms with Gasteiger partial charge in [0, 0.05) is 63.9 Å². The van der Waals surface area contributed by atoms with E-state index in [0.717, 1.165) is 29.8 Å². The molecule has 3 rings (SSSR count). The minimum absolute atomic E-state index is 0.00339. The Labute approximate surface area is 156 Å². The highest BCUT2D eigenvalue weighted by atomic mass is 16.5. The number of ether oxygens (including phenoxy) is 1. The van der Waals surface area contributed by atoms with Crippen molar-refractivity contribution in [2.45, 2.75) is 31.7 Å². The number of carbonyl (C=O) groups excluding carboxylic acids is 1. The summed E-state index contributed by atoms with van der Waals surface area (Å²) in [5, 5.41) is 0. The van der Waals surface area contributed by atoms with Crippen LogP contribution in [0.2, 0.25) is 0 Å². The van der Waals surface area contributed by atoms with E-state index in [1.54, 1.807) is 18.2 Å². The van der Waals surface area contributed by atoms with Gasteiger partial charge < -0.3 is 19.2 Å². The van der Waals surface area contributed by atoms with Crippen LogP contribution in [0.25, 0.3) is 0 Å². The van der Waals surface area contributed by atoms with Crippen LogP contribution in [0.3, 0.4) is 0 Å². The molecule has 2 aromatic heterocycles. The summed E-state index contributed by atoms with van der Waals surface area (Å²) in [5.74, 6) is 1.25. The van der Waals surface area contributed by atoms with E-state index in [9.17, 15) is 14.4 Å². The van der Waals surface area contributed by atoms with Gasteiger partial charge in [0.1, 0.15) is 5.82 Å². The molecule has 27 heavy (non-hydrogen) atoms. The molecule has 0 spiro atoms. The van der Waals surface area contributed by atoms with Crippen molar-refractivity contribution in [3.63, 3.8) is 0 Å². The van der Waals surface area contributed by atoms with E-state index in [0.29, 0.717) is 31.2 Å². The maximum atomic E-state index is 12.6. The molecule has 146 valence electrons. The molecule has 1 fully saturated rings. The zero-order chi connectivity index (χ0) is 19.4. The summed E-state index contributed by atoms with van der Waals surface area (Å²) in [7, 11) is 3.07. The molecule has 2 aromatic rings. The van der Waals surface area contributed by atoms with Gasteiger partial charge in [-0.25, -0.2) is 9.78 Å². The molecule has 1 N–H and O–H groups in total. The summed E-state index contributed by atoms with van der Waals surface area (Å²) in [5.41, 5.74) is -0.609. The minimum Gasteiger partial charge on any atom is -0.383 e. The van der Waals surface area contributed by atoms with Crippen molar-refractivity contribution in [1.82, 2.24) is 24.0 Å². The monoisotopic (exact) mass is 375 g/mol. The van der Waals surface area contributed by atoms with Crippen LogP contribution in [0.5, 0.6) is 0 Å². The van der Waals surface area contributed by atoms with Gasteiger partial charge in [0.05, 0.1) is 13.0 Å². The summed E-state index contributed by atoms with van der Waals surface area (Å²) in [4.78, 5) is 44.8. The molecular formula is C18H25N5O4. The van der Waals surface area contributed by atoms with Crippen LogP contribution in [0.4, 0.5) is 0 Å². The predicted molar refractivity (Wildman–Crippen MR) is 98.7 cm³/mol.